The molecule has 0 radical (unpaired) electrons. The Bertz CT molecular complexity index is 392. The number of benzene rings is 1. The lowest BCUT2D eigenvalue weighted by Crippen LogP contribution is -2.35. The van der Waals surface area contributed by atoms with Crippen LogP contribution >= 0.6 is 28.3 Å². The van der Waals surface area contributed by atoms with Crippen molar-refractivity contribution in [2.75, 3.05) is 0 Å². The normalized spacial score (nSPS) is 19.6. The summed E-state index contributed by atoms with van der Waals surface area (Å²) in [5, 5.41) is 10.3. The van der Waals surface area contributed by atoms with Gasteiger partial charge in [0.05, 0.1) is 12.1 Å². The smallest absolute Gasteiger partial charge is 0.129 e. The molecule has 0 unspecified atom stereocenters. The Labute approximate surface area is 128 Å². The molecule has 0 bridgehead atoms. The van der Waals surface area contributed by atoms with Gasteiger partial charge in [-0.05, 0) is 30.9 Å². The molecule has 0 spiro atoms. The van der Waals surface area contributed by atoms with Crippen LogP contribution in [0.2, 0.25) is 0 Å². The molecule has 2 rings (SSSR count). The molecule has 5 heteroatoms. The molecule has 2 nitrogen and oxygen atoms in total. The van der Waals surface area contributed by atoms with Crippen LogP contribution in [-0.2, 0) is 0 Å². The Morgan fingerprint density at radius 1 is 1.26 bits per heavy atom. The van der Waals surface area contributed by atoms with Crippen LogP contribution in [0.3, 0.4) is 0 Å². The maximum atomic E-state index is 13.8. The second kappa shape index (κ2) is 7.58. The lowest BCUT2D eigenvalue weighted by Gasteiger charge is -2.31. The van der Waals surface area contributed by atoms with Crippen LogP contribution in [0, 0.1) is 11.7 Å². The van der Waals surface area contributed by atoms with Crippen molar-refractivity contribution in [3.63, 3.8) is 0 Å². The van der Waals surface area contributed by atoms with Crippen molar-refractivity contribution in [2.45, 2.75) is 44.2 Å². The Hall–Kier alpha value is -0.160. The first-order chi connectivity index (χ1) is 8.61. The second-order valence-electron chi connectivity index (χ2n) is 5.05. The highest BCUT2D eigenvalue weighted by atomic mass is 79.9. The fourth-order valence-electron chi connectivity index (χ4n) is 2.77. The summed E-state index contributed by atoms with van der Waals surface area (Å²) in [5.74, 6) is -0.160. The molecule has 1 saturated carbocycles. The van der Waals surface area contributed by atoms with Gasteiger partial charge in [0, 0.05) is 10.0 Å². The fraction of sp³-hybridized carbons (Fsp3) is 0.571. The van der Waals surface area contributed by atoms with E-state index in [1.165, 1.54) is 12.5 Å². The van der Waals surface area contributed by atoms with E-state index in [4.69, 9.17) is 5.73 Å². The van der Waals surface area contributed by atoms with E-state index in [0.29, 0.717) is 10.0 Å². The minimum Gasteiger partial charge on any atom is -0.391 e. The molecule has 3 N–H and O–H groups in total. The van der Waals surface area contributed by atoms with Crippen LogP contribution in [0.4, 0.5) is 4.39 Å². The fourth-order valence-corrected chi connectivity index (χ4v) is 3.38. The van der Waals surface area contributed by atoms with E-state index in [9.17, 15) is 9.50 Å². The van der Waals surface area contributed by atoms with Crippen molar-refractivity contribution in [1.29, 1.82) is 0 Å². The van der Waals surface area contributed by atoms with Gasteiger partial charge in [0.1, 0.15) is 5.82 Å². The van der Waals surface area contributed by atoms with E-state index < -0.39 is 12.1 Å². The lowest BCUT2D eigenvalue weighted by molar-refractivity contribution is 0.0606. The molecular formula is C14H20BrClFNO. The number of hydrogen-bond acceptors (Lipinski definition) is 2. The monoisotopic (exact) mass is 351 g/mol. The van der Waals surface area contributed by atoms with Crippen molar-refractivity contribution < 1.29 is 9.50 Å². The maximum absolute atomic E-state index is 13.8. The first kappa shape index (κ1) is 16.9. The maximum Gasteiger partial charge on any atom is 0.129 e. The topological polar surface area (TPSA) is 46.2 Å². The number of hydrogen-bond donors (Lipinski definition) is 2. The summed E-state index contributed by atoms with van der Waals surface area (Å²) >= 11 is 3.31. The molecule has 1 aliphatic carbocycles. The van der Waals surface area contributed by atoms with Crippen LogP contribution in [0.5, 0.6) is 0 Å². The van der Waals surface area contributed by atoms with Crippen molar-refractivity contribution in [2.24, 2.45) is 11.7 Å². The molecule has 108 valence electrons. The summed E-state index contributed by atoms with van der Waals surface area (Å²) in [7, 11) is 0. The predicted molar refractivity (Wildman–Crippen MR) is 80.9 cm³/mol. The number of aliphatic hydroxyl groups excluding tert-OH is 1. The summed E-state index contributed by atoms with van der Waals surface area (Å²) in [6.45, 7) is 0. The second-order valence-corrected chi connectivity index (χ2v) is 5.90. The average molecular weight is 353 g/mol. The molecule has 1 fully saturated rings. The van der Waals surface area contributed by atoms with Gasteiger partial charge in [-0.1, -0.05) is 41.3 Å². The molecule has 1 aromatic rings. The number of aliphatic hydroxyl groups is 1. The van der Waals surface area contributed by atoms with Crippen LogP contribution < -0.4 is 5.73 Å². The zero-order valence-corrected chi connectivity index (χ0v) is 13.1. The highest BCUT2D eigenvalue weighted by molar-refractivity contribution is 9.10. The standard InChI is InChI=1S/C14H19BrFNO.ClH/c15-10-7-4-8-11(16)12(10)13(17)14(18)9-5-2-1-3-6-9;/h4,7-9,13-14,18H,1-3,5-6,17H2;1H/t13-,14+;/m0./s1. The van der Waals surface area contributed by atoms with Gasteiger partial charge in [-0.2, -0.15) is 0 Å². The third kappa shape index (κ3) is 3.91. The highest BCUT2D eigenvalue weighted by Crippen LogP contribution is 2.34. The van der Waals surface area contributed by atoms with E-state index in [1.807, 2.05) is 0 Å². The van der Waals surface area contributed by atoms with Gasteiger partial charge in [0.2, 0.25) is 0 Å². The molecule has 2 atom stereocenters. The summed E-state index contributed by atoms with van der Waals surface area (Å²) in [6.07, 6.45) is 4.79. The number of halogens is 3. The van der Waals surface area contributed by atoms with Gasteiger partial charge < -0.3 is 10.8 Å². The van der Waals surface area contributed by atoms with Gasteiger partial charge in [0.15, 0.2) is 0 Å². The molecule has 0 amide bonds. The highest BCUT2D eigenvalue weighted by Gasteiger charge is 2.30. The van der Waals surface area contributed by atoms with Crippen LogP contribution in [0.25, 0.3) is 0 Å². The summed E-state index contributed by atoms with van der Waals surface area (Å²) in [6, 6.07) is 4.10. The van der Waals surface area contributed by atoms with Crippen LogP contribution in [0.1, 0.15) is 43.7 Å². The Kier molecular flexibility index (Phi) is 6.74. The molecule has 1 aliphatic rings. The lowest BCUT2D eigenvalue weighted by atomic mass is 9.81. The van der Waals surface area contributed by atoms with Crippen molar-refractivity contribution in [3.8, 4) is 0 Å². The van der Waals surface area contributed by atoms with E-state index in [0.717, 1.165) is 25.7 Å². The van der Waals surface area contributed by atoms with Crippen LogP contribution in [0.15, 0.2) is 22.7 Å². The van der Waals surface area contributed by atoms with Gasteiger partial charge in [-0.3, -0.25) is 0 Å². The van der Waals surface area contributed by atoms with E-state index in [1.54, 1.807) is 12.1 Å². The number of nitrogens with two attached hydrogens (primary N) is 1. The molecule has 0 heterocycles. The first-order valence-corrected chi connectivity index (χ1v) is 7.28. The van der Waals surface area contributed by atoms with Gasteiger partial charge in [0.25, 0.3) is 0 Å². The minimum atomic E-state index is -0.668. The minimum absolute atomic E-state index is 0. The van der Waals surface area contributed by atoms with E-state index in [-0.39, 0.29) is 24.1 Å². The SMILES string of the molecule is Cl.N[C@@H](c1c(F)cccc1Br)[C@H](O)C1CCCCC1. The van der Waals surface area contributed by atoms with Crippen molar-refractivity contribution in [3.05, 3.63) is 34.1 Å². The third-order valence-electron chi connectivity index (χ3n) is 3.83. The quantitative estimate of drug-likeness (QED) is 0.865. The van der Waals surface area contributed by atoms with Gasteiger partial charge in [-0.15, -0.1) is 12.4 Å². The zero-order chi connectivity index (χ0) is 13.1. The molecule has 0 aliphatic heterocycles. The number of rotatable bonds is 3. The molecule has 1 aromatic carbocycles. The average Bonchev–Trinajstić information content (AvgIpc) is 2.38. The summed E-state index contributed by atoms with van der Waals surface area (Å²) in [5.41, 5.74) is 6.44. The zero-order valence-electron chi connectivity index (χ0n) is 10.7. The Morgan fingerprint density at radius 2 is 1.89 bits per heavy atom. The van der Waals surface area contributed by atoms with Crippen molar-refractivity contribution in [1.82, 2.24) is 0 Å². The Balaban J connectivity index is 0.00000180. The van der Waals surface area contributed by atoms with Gasteiger partial charge >= 0.3 is 0 Å². The third-order valence-corrected chi connectivity index (χ3v) is 4.53. The first-order valence-electron chi connectivity index (χ1n) is 6.49. The largest absolute Gasteiger partial charge is 0.391 e. The van der Waals surface area contributed by atoms with E-state index in [2.05, 4.69) is 15.9 Å². The van der Waals surface area contributed by atoms with Gasteiger partial charge in [-0.25, -0.2) is 4.39 Å². The Morgan fingerprint density at radius 3 is 2.47 bits per heavy atom. The summed E-state index contributed by atoms with van der Waals surface area (Å²) in [4.78, 5) is 0. The molecule has 0 aromatic heterocycles. The van der Waals surface area contributed by atoms with E-state index >= 15 is 0 Å². The van der Waals surface area contributed by atoms with Crippen molar-refractivity contribution >= 4 is 28.3 Å². The predicted octanol–water partition coefficient (Wildman–Crippen LogP) is 3.95. The van der Waals surface area contributed by atoms with Crippen LogP contribution in [-0.4, -0.2) is 11.2 Å². The molecular weight excluding hydrogens is 333 g/mol. The molecule has 19 heavy (non-hydrogen) atoms. The molecule has 0 saturated heterocycles. The summed E-state index contributed by atoms with van der Waals surface area (Å²) < 4.78 is 14.4.